The second-order valence-corrected chi connectivity index (χ2v) is 13.6. The number of amides is 2. The maximum absolute atomic E-state index is 15.9. The van der Waals surface area contributed by atoms with Crippen LogP contribution in [0.3, 0.4) is 0 Å². The van der Waals surface area contributed by atoms with Gasteiger partial charge in [-0.3, -0.25) is 14.4 Å². The molecule has 1 aliphatic heterocycles. The fourth-order valence-electron chi connectivity index (χ4n) is 8.33. The third-order valence-corrected chi connectivity index (χ3v) is 11.0. The summed E-state index contributed by atoms with van der Waals surface area (Å²) in [4.78, 5) is 47.3. The van der Waals surface area contributed by atoms with Crippen LogP contribution in [0.15, 0.2) is 127 Å². The van der Waals surface area contributed by atoms with Crippen molar-refractivity contribution in [1.82, 2.24) is 0 Å². The van der Waals surface area contributed by atoms with Crippen molar-refractivity contribution in [2.75, 3.05) is 4.90 Å². The monoisotopic (exact) mass is 673 g/mol. The molecule has 1 saturated heterocycles. The van der Waals surface area contributed by atoms with E-state index in [0.29, 0.717) is 43.0 Å². The number of nitrogens with zero attached hydrogens (tertiary/aromatic N) is 1. The van der Waals surface area contributed by atoms with Gasteiger partial charge in [-0.2, -0.15) is 0 Å². The van der Waals surface area contributed by atoms with Crippen molar-refractivity contribution in [3.63, 3.8) is 0 Å². The molecular weight excluding hydrogens is 649 g/mol. The normalized spacial score (nSPS) is 24.8. The van der Waals surface area contributed by atoms with E-state index in [9.17, 15) is 0 Å². The number of carbonyl (C=O) groups excluding carboxylic acids is 3. The Morgan fingerprint density at radius 2 is 0.979 bits per heavy atom. The average Bonchev–Trinajstić information content (AvgIpc) is 3.59. The van der Waals surface area contributed by atoms with Crippen LogP contribution in [0.4, 0.5) is 5.69 Å². The van der Waals surface area contributed by atoms with Crippen LogP contribution in [-0.4, -0.2) is 17.6 Å². The van der Waals surface area contributed by atoms with Gasteiger partial charge in [0, 0.05) is 15.1 Å². The molecule has 0 aromatic heterocycles. The number of fused-ring (bicyclic) bond motifs is 5. The first kappa shape index (κ1) is 29.9. The maximum atomic E-state index is 15.9. The molecule has 0 radical (unpaired) electrons. The van der Waals surface area contributed by atoms with Crippen LogP contribution in [0, 0.1) is 18.8 Å². The number of Topliss-reactive ketones (excluding diaryl/α,β-unsaturated/α-hetero) is 1. The Bertz CT molecular complexity index is 2020. The molecule has 3 aliphatic rings. The number of ketones is 1. The lowest BCUT2D eigenvalue weighted by Gasteiger charge is -2.39. The molecular formula is C40H26Cl3NO3. The van der Waals surface area contributed by atoms with E-state index in [0.717, 1.165) is 16.7 Å². The number of aryl methyl sites for hydroxylation is 1. The van der Waals surface area contributed by atoms with Crippen LogP contribution >= 0.6 is 34.8 Å². The van der Waals surface area contributed by atoms with Crippen molar-refractivity contribution in [3.05, 3.63) is 170 Å². The quantitative estimate of drug-likeness (QED) is 0.175. The molecule has 0 spiro atoms. The van der Waals surface area contributed by atoms with E-state index in [2.05, 4.69) is 0 Å². The maximum Gasteiger partial charge on any atom is 0.239 e. The number of hydrogen-bond donors (Lipinski definition) is 0. The molecule has 2 aliphatic carbocycles. The Labute approximate surface area is 287 Å². The van der Waals surface area contributed by atoms with Crippen LogP contribution < -0.4 is 4.90 Å². The number of benzene rings is 5. The molecule has 4 nitrogen and oxygen atoms in total. The molecule has 2 bridgehead atoms. The average molecular weight is 675 g/mol. The van der Waals surface area contributed by atoms with Gasteiger partial charge in [0.05, 0.1) is 28.4 Å². The van der Waals surface area contributed by atoms with E-state index in [1.54, 1.807) is 42.5 Å². The zero-order valence-electron chi connectivity index (χ0n) is 25.1. The smallest absolute Gasteiger partial charge is 0.239 e. The number of anilines is 1. The molecule has 2 amide bonds. The van der Waals surface area contributed by atoms with Gasteiger partial charge in [-0.05, 0) is 82.3 Å². The van der Waals surface area contributed by atoms with Crippen LogP contribution in [0.2, 0.25) is 15.1 Å². The highest BCUT2D eigenvalue weighted by molar-refractivity contribution is 6.39. The number of hydrogen-bond acceptors (Lipinski definition) is 3. The van der Waals surface area contributed by atoms with E-state index < -0.39 is 34.5 Å². The van der Waals surface area contributed by atoms with Crippen molar-refractivity contribution in [2.45, 2.75) is 17.8 Å². The van der Waals surface area contributed by atoms with Gasteiger partial charge in [0.15, 0.2) is 5.78 Å². The van der Waals surface area contributed by atoms with Crippen LogP contribution in [0.1, 0.15) is 27.8 Å². The summed E-state index contributed by atoms with van der Waals surface area (Å²) in [7, 11) is 0. The van der Waals surface area contributed by atoms with Gasteiger partial charge in [-0.25, -0.2) is 4.90 Å². The highest BCUT2D eigenvalue weighted by Gasteiger charge is 2.82. The van der Waals surface area contributed by atoms with Crippen molar-refractivity contribution in [2.24, 2.45) is 11.8 Å². The summed E-state index contributed by atoms with van der Waals surface area (Å²) in [5.41, 5.74) is 2.34. The predicted octanol–water partition coefficient (Wildman–Crippen LogP) is 9.14. The third kappa shape index (κ3) is 3.93. The second kappa shape index (κ2) is 10.8. The fraction of sp³-hybridized carbons (Fsp3) is 0.125. The number of allylic oxidation sites excluding steroid dienone is 2. The third-order valence-electron chi connectivity index (χ3n) is 10.1. The van der Waals surface area contributed by atoms with E-state index >= 15 is 14.4 Å². The first-order chi connectivity index (χ1) is 22.7. The van der Waals surface area contributed by atoms with Gasteiger partial charge in [0.1, 0.15) is 0 Å². The summed E-state index contributed by atoms with van der Waals surface area (Å²) in [5.74, 6) is -3.21. The number of imide groups is 1. The molecule has 47 heavy (non-hydrogen) atoms. The minimum atomic E-state index is -1.53. The highest BCUT2D eigenvalue weighted by Crippen LogP contribution is 2.74. The van der Waals surface area contributed by atoms with E-state index in [1.807, 2.05) is 91.9 Å². The minimum Gasteiger partial charge on any atom is -0.297 e. The predicted molar refractivity (Wildman–Crippen MR) is 187 cm³/mol. The molecule has 7 heteroatoms. The Morgan fingerprint density at radius 1 is 0.553 bits per heavy atom. The molecule has 230 valence electrons. The SMILES string of the molecule is Cc1ccc(N2C(=O)[C@@H]3[C@H](C2=O)[C@@]2(c4ccc(Cl)cc4)C(=O)[C@@]3(c3ccc(Cl)cc3)C(c3ccccc3)=C2c2ccccc2)cc1Cl. The molecule has 2 fully saturated rings. The summed E-state index contributed by atoms with van der Waals surface area (Å²) in [5, 5.41) is 1.42. The summed E-state index contributed by atoms with van der Waals surface area (Å²) < 4.78 is 0. The van der Waals surface area contributed by atoms with Crippen LogP contribution in [0.5, 0.6) is 0 Å². The van der Waals surface area contributed by atoms with Crippen molar-refractivity contribution >= 4 is 69.2 Å². The van der Waals surface area contributed by atoms with Gasteiger partial charge in [0.25, 0.3) is 0 Å². The molecule has 5 aromatic rings. The Balaban J connectivity index is 1.55. The van der Waals surface area contributed by atoms with Crippen molar-refractivity contribution in [3.8, 4) is 0 Å². The molecule has 1 heterocycles. The Kier molecular flexibility index (Phi) is 6.86. The molecule has 5 aromatic carbocycles. The van der Waals surface area contributed by atoms with Gasteiger partial charge < -0.3 is 0 Å². The molecule has 8 rings (SSSR count). The lowest BCUT2D eigenvalue weighted by Crippen LogP contribution is -2.45. The standard InChI is InChI=1S/C40H26Cl3NO3/c1-23-12-21-30(22-31(23)43)44-36(45)34-35(37(44)46)40(27-15-19-29(42)20-16-27)33(25-10-6-3-7-11-25)32(24-8-4-2-5-9-24)39(34,38(40)47)26-13-17-28(41)18-14-26/h2-22,34-35H,1H3/t34-,35+,39-,40-/m0/s1. The van der Waals surface area contributed by atoms with Crippen molar-refractivity contribution < 1.29 is 14.4 Å². The highest BCUT2D eigenvalue weighted by atomic mass is 35.5. The summed E-state index contributed by atoms with van der Waals surface area (Å²) in [6.07, 6.45) is 0. The number of halogens is 3. The summed E-state index contributed by atoms with van der Waals surface area (Å²) in [6.45, 7) is 1.86. The van der Waals surface area contributed by atoms with Crippen LogP contribution in [0.25, 0.3) is 11.1 Å². The summed E-state index contributed by atoms with van der Waals surface area (Å²) in [6, 6.07) is 38.7. The van der Waals surface area contributed by atoms with E-state index in [-0.39, 0.29) is 5.78 Å². The second-order valence-electron chi connectivity index (χ2n) is 12.3. The topological polar surface area (TPSA) is 54.5 Å². The summed E-state index contributed by atoms with van der Waals surface area (Å²) >= 11 is 19.4. The molecule has 0 N–H and O–H groups in total. The first-order valence-corrected chi connectivity index (χ1v) is 16.4. The van der Waals surface area contributed by atoms with E-state index in [1.165, 1.54) is 4.90 Å². The zero-order valence-corrected chi connectivity index (χ0v) is 27.4. The van der Waals surface area contributed by atoms with Crippen molar-refractivity contribution in [1.29, 1.82) is 0 Å². The van der Waals surface area contributed by atoms with Crippen LogP contribution in [-0.2, 0) is 25.2 Å². The lowest BCUT2D eigenvalue weighted by molar-refractivity contribution is -0.130. The Morgan fingerprint density at radius 3 is 1.38 bits per heavy atom. The Hall–Kier alpha value is -4.48. The molecule has 0 unspecified atom stereocenters. The van der Waals surface area contributed by atoms with Gasteiger partial charge in [0.2, 0.25) is 11.8 Å². The van der Waals surface area contributed by atoms with Gasteiger partial charge in [-0.15, -0.1) is 0 Å². The molecule has 1 saturated carbocycles. The van der Waals surface area contributed by atoms with Gasteiger partial charge >= 0.3 is 0 Å². The number of carbonyl (C=O) groups is 3. The zero-order chi connectivity index (χ0) is 32.7. The molecule has 4 atom stereocenters. The number of rotatable bonds is 5. The first-order valence-electron chi connectivity index (χ1n) is 15.3. The van der Waals surface area contributed by atoms with Gasteiger partial charge in [-0.1, -0.05) is 126 Å². The fourth-order valence-corrected chi connectivity index (χ4v) is 8.76. The van der Waals surface area contributed by atoms with E-state index in [4.69, 9.17) is 34.8 Å². The lowest BCUT2D eigenvalue weighted by atomic mass is 9.59. The minimum absolute atomic E-state index is 0.217. The largest absolute Gasteiger partial charge is 0.297 e.